The Morgan fingerprint density at radius 3 is 2.62 bits per heavy atom. The number of azo groups is 1. The minimum Gasteiger partial charge on any atom is -0.497 e. The summed E-state index contributed by atoms with van der Waals surface area (Å²) in [6.07, 6.45) is 0. The number of pyridine rings is 1. The number of hydrogen-bond donors (Lipinski definition) is 0. The maximum Gasteiger partial charge on any atom is 0.198 e. The number of aromatic nitrogens is 1. The summed E-state index contributed by atoms with van der Waals surface area (Å²) in [7, 11) is 1.60. The number of ether oxygens (including phenoxy) is 1. The summed E-state index contributed by atoms with van der Waals surface area (Å²) in [5.41, 5.74) is 3.28. The van der Waals surface area contributed by atoms with Gasteiger partial charge < -0.3 is 4.74 Å². The highest BCUT2D eigenvalue weighted by Crippen LogP contribution is 2.46. The highest BCUT2D eigenvalue weighted by Gasteiger charge is 2.28. The molecule has 3 heterocycles. The Labute approximate surface area is 153 Å². The van der Waals surface area contributed by atoms with Crippen LogP contribution in [0.2, 0.25) is 0 Å². The van der Waals surface area contributed by atoms with Gasteiger partial charge >= 0.3 is 0 Å². The molecule has 1 aliphatic heterocycles. The van der Waals surface area contributed by atoms with Crippen LogP contribution >= 0.6 is 11.3 Å². The second kappa shape index (κ2) is 6.10. The summed E-state index contributed by atoms with van der Waals surface area (Å²) in [4.78, 5) is 30.5. The molecular weight excluding hydrogens is 350 g/mol. The van der Waals surface area contributed by atoms with Crippen molar-refractivity contribution in [2.75, 3.05) is 13.7 Å². The first kappa shape index (κ1) is 16.5. The van der Waals surface area contributed by atoms with Gasteiger partial charge in [0.1, 0.15) is 27.7 Å². The third-order valence-electron chi connectivity index (χ3n) is 4.36. The first-order valence-corrected chi connectivity index (χ1v) is 8.86. The molecule has 0 N–H and O–H groups in total. The zero-order chi connectivity index (χ0) is 18.4. The molecule has 1 aromatic carbocycles. The van der Waals surface area contributed by atoms with Crippen molar-refractivity contribution in [3.63, 3.8) is 0 Å². The van der Waals surface area contributed by atoms with E-state index in [0.29, 0.717) is 32.0 Å². The summed E-state index contributed by atoms with van der Waals surface area (Å²) < 4.78 is 5.23. The molecule has 3 aromatic rings. The van der Waals surface area contributed by atoms with Crippen molar-refractivity contribution in [3.05, 3.63) is 40.4 Å². The smallest absolute Gasteiger partial charge is 0.198 e. The van der Waals surface area contributed by atoms with Crippen LogP contribution in [-0.4, -0.2) is 30.2 Å². The number of thiophene rings is 1. The van der Waals surface area contributed by atoms with Gasteiger partial charge in [-0.2, -0.15) is 10.2 Å². The molecule has 0 radical (unpaired) electrons. The molecule has 7 heteroatoms. The van der Waals surface area contributed by atoms with Crippen molar-refractivity contribution in [3.8, 4) is 16.9 Å². The maximum atomic E-state index is 12.4. The van der Waals surface area contributed by atoms with Crippen molar-refractivity contribution in [1.29, 1.82) is 0 Å². The van der Waals surface area contributed by atoms with Crippen molar-refractivity contribution >= 4 is 38.8 Å². The molecule has 0 unspecified atom stereocenters. The molecule has 0 bridgehead atoms. The molecule has 0 atom stereocenters. The summed E-state index contributed by atoms with van der Waals surface area (Å²) in [5, 5.41) is 8.86. The van der Waals surface area contributed by atoms with Gasteiger partial charge in [0.25, 0.3) is 0 Å². The molecule has 0 amide bonds. The lowest BCUT2D eigenvalue weighted by Gasteiger charge is -2.13. The SMILES string of the molecule is COc1ccc(-c2c(C(C)=O)c(C)nc3sc4c(c23)N=NCC4=O)cc1. The van der Waals surface area contributed by atoms with Gasteiger partial charge in [0.2, 0.25) is 0 Å². The van der Waals surface area contributed by atoms with Gasteiger partial charge in [-0.1, -0.05) is 12.1 Å². The number of ketones is 2. The highest BCUT2D eigenvalue weighted by molar-refractivity contribution is 7.21. The minimum atomic E-state index is -0.0817. The fourth-order valence-corrected chi connectivity index (χ4v) is 4.33. The van der Waals surface area contributed by atoms with E-state index in [1.165, 1.54) is 18.3 Å². The predicted octanol–water partition coefficient (Wildman–Crippen LogP) is 4.76. The number of hydrogen-bond acceptors (Lipinski definition) is 7. The van der Waals surface area contributed by atoms with Crippen LogP contribution in [0.25, 0.3) is 21.3 Å². The Bertz CT molecular complexity index is 1100. The molecule has 6 nitrogen and oxygen atoms in total. The fraction of sp³-hybridized carbons (Fsp3) is 0.211. The van der Waals surface area contributed by atoms with Crippen LogP contribution in [0.4, 0.5) is 5.69 Å². The van der Waals surface area contributed by atoms with Gasteiger partial charge in [-0.25, -0.2) is 4.98 Å². The topological polar surface area (TPSA) is 81.0 Å². The lowest BCUT2D eigenvalue weighted by atomic mass is 9.93. The number of methoxy groups -OCH3 is 1. The van der Waals surface area contributed by atoms with E-state index in [1.54, 1.807) is 7.11 Å². The Kier molecular flexibility index (Phi) is 3.88. The van der Waals surface area contributed by atoms with Crippen LogP contribution in [-0.2, 0) is 0 Å². The Morgan fingerprint density at radius 2 is 1.96 bits per heavy atom. The zero-order valence-corrected chi connectivity index (χ0v) is 15.3. The Balaban J connectivity index is 2.14. The minimum absolute atomic E-state index is 0.0518. The summed E-state index contributed by atoms with van der Waals surface area (Å²) in [6.45, 7) is 3.38. The molecule has 0 saturated carbocycles. The molecule has 4 rings (SSSR count). The number of benzene rings is 1. The van der Waals surface area contributed by atoms with Crippen LogP contribution in [0, 0.1) is 6.92 Å². The van der Waals surface area contributed by atoms with E-state index in [1.807, 2.05) is 31.2 Å². The number of carbonyl (C=O) groups is 2. The predicted molar refractivity (Wildman–Crippen MR) is 100 cm³/mol. The number of nitrogens with zero attached hydrogens (tertiary/aromatic N) is 3. The largest absolute Gasteiger partial charge is 0.497 e. The van der Waals surface area contributed by atoms with Gasteiger partial charge in [0.15, 0.2) is 11.6 Å². The molecule has 0 fully saturated rings. The normalized spacial score (nSPS) is 13.1. The van der Waals surface area contributed by atoms with Crippen molar-refractivity contribution in [2.24, 2.45) is 10.2 Å². The molecule has 0 spiro atoms. The molecule has 26 heavy (non-hydrogen) atoms. The van der Waals surface area contributed by atoms with Crippen molar-refractivity contribution in [2.45, 2.75) is 13.8 Å². The number of aryl methyl sites for hydroxylation is 1. The molecule has 130 valence electrons. The monoisotopic (exact) mass is 365 g/mol. The molecule has 0 aliphatic carbocycles. The van der Waals surface area contributed by atoms with E-state index >= 15 is 0 Å². The van der Waals surface area contributed by atoms with Crippen molar-refractivity contribution in [1.82, 2.24) is 4.98 Å². The third kappa shape index (κ3) is 2.43. The summed E-state index contributed by atoms with van der Waals surface area (Å²) >= 11 is 1.31. The average molecular weight is 365 g/mol. The third-order valence-corrected chi connectivity index (χ3v) is 5.48. The van der Waals surface area contributed by atoms with Crippen molar-refractivity contribution < 1.29 is 14.3 Å². The van der Waals surface area contributed by atoms with E-state index in [9.17, 15) is 9.59 Å². The average Bonchev–Trinajstić information content (AvgIpc) is 3.00. The lowest BCUT2D eigenvalue weighted by molar-refractivity contribution is 0.0998. The molecular formula is C19H15N3O3S. The van der Waals surface area contributed by atoms with Crippen LogP contribution in [0.3, 0.4) is 0 Å². The van der Waals surface area contributed by atoms with Crippen LogP contribution in [0.5, 0.6) is 5.75 Å². The number of fused-ring (bicyclic) bond motifs is 3. The quantitative estimate of drug-likeness (QED) is 0.627. The Morgan fingerprint density at radius 1 is 1.23 bits per heavy atom. The maximum absolute atomic E-state index is 12.4. The summed E-state index contributed by atoms with van der Waals surface area (Å²) in [5.74, 6) is 0.574. The van der Waals surface area contributed by atoms with E-state index in [4.69, 9.17) is 4.74 Å². The Hall–Kier alpha value is -2.93. The van der Waals surface area contributed by atoms with Crippen LogP contribution in [0.15, 0.2) is 34.5 Å². The van der Waals surface area contributed by atoms with Crippen LogP contribution < -0.4 is 4.74 Å². The van der Waals surface area contributed by atoms with Gasteiger partial charge in [0.05, 0.1) is 12.8 Å². The van der Waals surface area contributed by atoms with Gasteiger partial charge in [0, 0.05) is 16.5 Å². The molecule has 1 aliphatic rings. The lowest BCUT2D eigenvalue weighted by Crippen LogP contribution is -2.04. The number of Topliss-reactive ketones (excluding diaryl/α,β-unsaturated/α-hetero) is 2. The van der Waals surface area contributed by atoms with E-state index in [-0.39, 0.29) is 18.1 Å². The first-order chi connectivity index (χ1) is 12.5. The zero-order valence-electron chi connectivity index (χ0n) is 14.5. The van der Waals surface area contributed by atoms with Gasteiger partial charge in [-0.15, -0.1) is 11.3 Å². The standard InChI is InChI=1S/C19H15N3O3S/c1-9-14(10(2)23)15(11-4-6-12(25-3)7-5-11)16-17-18(26-19(16)21-9)13(24)8-20-22-17/h4-7H,8H2,1-3H3. The van der Waals surface area contributed by atoms with E-state index in [0.717, 1.165) is 16.9 Å². The highest BCUT2D eigenvalue weighted by atomic mass is 32.1. The van der Waals surface area contributed by atoms with Crippen LogP contribution in [0.1, 0.15) is 32.6 Å². The number of carbonyl (C=O) groups excluding carboxylic acids is 2. The number of rotatable bonds is 3. The second-order valence-electron chi connectivity index (χ2n) is 6.01. The summed E-state index contributed by atoms with van der Waals surface area (Å²) in [6, 6.07) is 7.47. The van der Waals surface area contributed by atoms with E-state index < -0.39 is 0 Å². The van der Waals surface area contributed by atoms with Gasteiger partial charge in [-0.05, 0) is 31.5 Å². The first-order valence-electron chi connectivity index (χ1n) is 8.04. The van der Waals surface area contributed by atoms with E-state index in [2.05, 4.69) is 15.2 Å². The molecule has 2 aromatic heterocycles. The molecule has 0 saturated heterocycles. The van der Waals surface area contributed by atoms with Gasteiger partial charge in [-0.3, -0.25) is 9.59 Å². The second-order valence-corrected chi connectivity index (χ2v) is 7.01. The fourth-order valence-electron chi connectivity index (χ4n) is 3.23.